The highest BCUT2D eigenvalue weighted by molar-refractivity contribution is 5.44. The second-order valence-electron chi connectivity index (χ2n) is 4.47. The van der Waals surface area contributed by atoms with Crippen molar-refractivity contribution in [1.82, 2.24) is 14.0 Å². The van der Waals surface area contributed by atoms with Gasteiger partial charge in [0, 0.05) is 38.6 Å². The molecule has 0 bridgehead atoms. The molecular weight excluding hydrogens is 218 g/mol. The fourth-order valence-electron chi connectivity index (χ4n) is 2.36. The van der Waals surface area contributed by atoms with E-state index in [9.17, 15) is 4.79 Å². The normalized spacial score (nSPS) is 17.7. The molecule has 0 radical (unpaired) electrons. The number of hydrogen-bond acceptors (Lipinski definition) is 3. The minimum atomic E-state index is -0.00157. The quantitative estimate of drug-likeness (QED) is 0.736. The first-order chi connectivity index (χ1) is 8.27. The SMILES string of the molecule is Cn1ccn2c(C3CCOCC3)ncc2c1=O. The molecule has 0 unspecified atom stereocenters. The summed E-state index contributed by atoms with van der Waals surface area (Å²) in [5.74, 6) is 1.39. The van der Waals surface area contributed by atoms with Crippen molar-refractivity contribution in [3.63, 3.8) is 0 Å². The summed E-state index contributed by atoms with van der Waals surface area (Å²) in [7, 11) is 1.75. The van der Waals surface area contributed by atoms with Gasteiger partial charge in [0.15, 0.2) is 0 Å². The number of nitrogens with zero attached hydrogens (tertiary/aromatic N) is 3. The molecular formula is C12H15N3O2. The molecule has 1 aliphatic heterocycles. The molecule has 5 nitrogen and oxygen atoms in total. The van der Waals surface area contributed by atoms with Gasteiger partial charge in [0.05, 0.1) is 6.20 Å². The van der Waals surface area contributed by atoms with Crippen LogP contribution in [0.4, 0.5) is 0 Å². The van der Waals surface area contributed by atoms with Crippen molar-refractivity contribution in [1.29, 1.82) is 0 Å². The van der Waals surface area contributed by atoms with Gasteiger partial charge in [0.2, 0.25) is 0 Å². The number of aromatic nitrogens is 3. The predicted octanol–water partition coefficient (Wildman–Crippen LogP) is 0.927. The minimum Gasteiger partial charge on any atom is -0.381 e. The first-order valence-corrected chi connectivity index (χ1v) is 5.87. The minimum absolute atomic E-state index is 0.00157. The largest absolute Gasteiger partial charge is 0.381 e. The maximum atomic E-state index is 11.9. The van der Waals surface area contributed by atoms with E-state index in [1.54, 1.807) is 24.0 Å². The highest BCUT2D eigenvalue weighted by Crippen LogP contribution is 2.25. The molecule has 1 saturated heterocycles. The standard InChI is InChI=1S/C12H15N3O2/c1-14-4-5-15-10(12(14)16)8-13-11(15)9-2-6-17-7-3-9/h4-5,8-9H,2-3,6-7H2,1H3. The second kappa shape index (κ2) is 4.00. The van der Waals surface area contributed by atoms with Crippen LogP contribution in [0.1, 0.15) is 24.6 Å². The Morgan fingerprint density at radius 1 is 1.35 bits per heavy atom. The van der Waals surface area contributed by atoms with E-state index in [1.807, 2.05) is 10.6 Å². The van der Waals surface area contributed by atoms with Gasteiger partial charge in [-0.15, -0.1) is 0 Å². The number of ether oxygens (including phenoxy) is 1. The van der Waals surface area contributed by atoms with Gasteiger partial charge < -0.3 is 9.30 Å². The van der Waals surface area contributed by atoms with Crippen molar-refractivity contribution in [2.45, 2.75) is 18.8 Å². The summed E-state index contributed by atoms with van der Waals surface area (Å²) in [6, 6.07) is 0. The lowest BCUT2D eigenvalue weighted by Crippen LogP contribution is -2.20. The molecule has 0 aromatic carbocycles. The number of imidazole rings is 1. The van der Waals surface area contributed by atoms with Crippen LogP contribution in [0.15, 0.2) is 23.4 Å². The second-order valence-corrected chi connectivity index (χ2v) is 4.47. The number of fused-ring (bicyclic) bond motifs is 1. The fourth-order valence-corrected chi connectivity index (χ4v) is 2.36. The van der Waals surface area contributed by atoms with Crippen molar-refractivity contribution < 1.29 is 4.74 Å². The van der Waals surface area contributed by atoms with Crippen LogP contribution < -0.4 is 5.56 Å². The van der Waals surface area contributed by atoms with Crippen LogP contribution in [0.5, 0.6) is 0 Å². The maximum Gasteiger partial charge on any atom is 0.276 e. The molecule has 90 valence electrons. The van der Waals surface area contributed by atoms with E-state index >= 15 is 0 Å². The lowest BCUT2D eigenvalue weighted by Gasteiger charge is -2.20. The summed E-state index contributed by atoms with van der Waals surface area (Å²) in [6.45, 7) is 1.56. The zero-order chi connectivity index (χ0) is 11.8. The molecule has 0 saturated carbocycles. The fraction of sp³-hybridized carbons (Fsp3) is 0.500. The Morgan fingerprint density at radius 3 is 2.88 bits per heavy atom. The zero-order valence-electron chi connectivity index (χ0n) is 9.80. The van der Waals surface area contributed by atoms with Gasteiger partial charge in [-0.2, -0.15) is 0 Å². The van der Waals surface area contributed by atoms with E-state index in [-0.39, 0.29) is 5.56 Å². The number of hydrogen-bond donors (Lipinski definition) is 0. The third kappa shape index (κ3) is 1.67. The van der Waals surface area contributed by atoms with Gasteiger partial charge in [0.25, 0.3) is 5.56 Å². The highest BCUT2D eigenvalue weighted by atomic mass is 16.5. The summed E-state index contributed by atoms with van der Waals surface area (Å²) < 4.78 is 8.84. The average molecular weight is 233 g/mol. The first-order valence-electron chi connectivity index (χ1n) is 5.87. The molecule has 5 heteroatoms. The molecule has 3 heterocycles. The van der Waals surface area contributed by atoms with Crippen LogP contribution in [0, 0.1) is 0 Å². The Kier molecular flexibility index (Phi) is 2.48. The highest BCUT2D eigenvalue weighted by Gasteiger charge is 2.20. The Labute approximate surface area is 98.7 Å². The van der Waals surface area contributed by atoms with Gasteiger partial charge in [-0.1, -0.05) is 0 Å². The van der Waals surface area contributed by atoms with Crippen molar-refractivity contribution in [2.24, 2.45) is 7.05 Å². The zero-order valence-corrected chi connectivity index (χ0v) is 9.80. The molecule has 2 aromatic heterocycles. The smallest absolute Gasteiger partial charge is 0.276 e. The van der Waals surface area contributed by atoms with Crippen LogP contribution >= 0.6 is 0 Å². The summed E-state index contributed by atoms with van der Waals surface area (Å²) in [5.41, 5.74) is 0.648. The van der Waals surface area contributed by atoms with E-state index in [4.69, 9.17) is 4.74 Å². The van der Waals surface area contributed by atoms with Gasteiger partial charge >= 0.3 is 0 Å². The molecule has 1 fully saturated rings. The Morgan fingerprint density at radius 2 is 2.12 bits per heavy atom. The lowest BCUT2D eigenvalue weighted by molar-refractivity contribution is 0.0835. The molecule has 17 heavy (non-hydrogen) atoms. The molecule has 2 aromatic rings. The van der Waals surface area contributed by atoms with Gasteiger partial charge in [0.1, 0.15) is 11.3 Å². The molecule has 0 aliphatic carbocycles. The van der Waals surface area contributed by atoms with Crippen molar-refractivity contribution in [2.75, 3.05) is 13.2 Å². The summed E-state index contributed by atoms with van der Waals surface area (Å²) in [6.07, 6.45) is 7.32. The Hall–Kier alpha value is -1.62. The van der Waals surface area contributed by atoms with Gasteiger partial charge in [-0.25, -0.2) is 4.98 Å². The molecule has 3 rings (SSSR count). The van der Waals surface area contributed by atoms with E-state index in [0.717, 1.165) is 31.9 Å². The average Bonchev–Trinajstić information content (AvgIpc) is 2.79. The van der Waals surface area contributed by atoms with Gasteiger partial charge in [-0.05, 0) is 12.8 Å². The van der Waals surface area contributed by atoms with Crippen molar-refractivity contribution in [3.05, 3.63) is 34.8 Å². The van der Waals surface area contributed by atoms with E-state index in [1.165, 1.54) is 0 Å². The van der Waals surface area contributed by atoms with Crippen LogP contribution in [-0.4, -0.2) is 27.2 Å². The first kappa shape index (κ1) is 10.5. The molecule has 0 atom stereocenters. The number of aryl methyl sites for hydroxylation is 1. The van der Waals surface area contributed by atoms with Gasteiger partial charge in [-0.3, -0.25) is 9.20 Å². The maximum absolute atomic E-state index is 11.9. The summed E-state index contributed by atoms with van der Waals surface area (Å²) >= 11 is 0. The van der Waals surface area contributed by atoms with Crippen LogP contribution in [0.25, 0.3) is 5.52 Å². The predicted molar refractivity (Wildman–Crippen MR) is 63.2 cm³/mol. The summed E-state index contributed by atoms with van der Waals surface area (Å²) in [5, 5.41) is 0. The van der Waals surface area contributed by atoms with E-state index in [2.05, 4.69) is 4.98 Å². The van der Waals surface area contributed by atoms with Crippen molar-refractivity contribution >= 4 is 5.52 Å². The third-order valence-corrected chi connectivity index (χ3v) is 3.39. The molecule has 0 N–H and O–H groups in total. The Balaban J connectivity index is 2.12. The summed E-state index contributed by atoms with van der Waals surface area (Å²) in [4.78, 5) is 16.3. The van der Waals surface area contributed by atoms with Crippen LogP contribution in [0.2, 0.25) is 0 Å². The molecule has 1 aliphatic rings. The molecule has 0 amide bonds. The topological polar surface area (TPSA) is 48.5 Å². The molecule has 0 spiro atoms. The van der Waals surface area contributed by atoms with Crippen LogP contribution in [0.3, 0.4) is 0 Å². The Bertz CT molecular complexity index is 593. The number of rotatable bonds is 1. The monoisotopic (exact) mass is 233 g/mol. The third-order valence-electron chi connectivity index (χ3n) is 3.39. The van der Waals surface area contributed by atoms with E-state index < -0.39 is 0 Å². The van der Waals surface area contributed by atoms with Crippen LogP contribution in [-0.2, 0) is 11.8 Å². The van der Waals surface area contributed by atoms with Crippen molar-refractivity contribution in [3.8, 4) is 0 Å². The van der Waals surface area contributed by atoms with E-state index in [0.29, 0.717) is 11.4 Å². The lowest BCUT2D eigenvalue weighted by atomic mass is 10.00.